The van der Waals surface area contributed by atoms with Crippen LogP contribution in [0.3, 0.4) is 0 Å². The van der Waals surface area contributed by atoms with Crippen molar-refractivity contribution in [2.45, 2.75) is 25.8 Å². The van der Waals surface area contributed by atoms with E-state index in [2.05, 4.69) is 22.6 Å². The van der Waals surface area contributed by atoms with Crippen molar-refractivity contribution in [1.82, 2.24) is 5.32 Å². The lowest BCUT2D eigenvalue weighted by Gasteiger charge is -2.18. The lowest BCUT2D eigenvalue weighted by atomic mass is 10.0. The maximum atomic E-state index is 11.5. The van der Waals surface area contributed by atoms with E-state index in [1.807, 2.05) is 12.1 Å². The molecule has 0 unspecified atom stereocenters. The predicted molar refractivity (Wildman–Crippen MR) is 68.5 cm³/mol. The van der Waals surface area contributed by atoms with E-state index < -0.39 is 0 Å². The summed E-state index contributed by atoms with van der Waals surface area (Å²) in [5, 5.41) is 6.18. The molecule has 1 aliphatic heterocycles. The summed E-state index contributed by atoms with van der Waals surface area (Å²) in [6.07, 6.45) is 7.04. The summed E-state index contributed by atoms with van der Waals surface area (Å²) >= 11 is 0. The maximum absolute atomic E-state index is 11.5. The number of nitrogens with one attached hydrogen (secondary N) is 2. The molecule has 2 rings (SSSR count). The van der Waals surface area contributed by atoms with Crippen LogP contribution in [0.15, 0.2) is 18.2 Å². The molecule has 17 heavy (non-hydrogen) atoms. The van der Waals surface area contributed by atoms with Crippen molar-refractivity contribution in [3.63, 3.8) is 0 Å². The highest BCUT2D eigenvalue weighted by Gasteiger charge is 2.09. The number of rotatable bonds is 3. The molecular weight excluding hydrogens is 212 g/mol. The molecule has 2 N–H and O–H groups in total. The zero-order chi connectivity index (χ0) is 12.1. The molecule has 1 aliphatic rings. The normalized spacial score (nSPS) is 13.6. The highest BCUT2D eigenvalue weighted by Crippen LogP contribution is 2.19. The first-order valence-electron chi connectivity index (χ1n) is 5.85. The average molecular weight is 228 g/mol. The Balaban J connectivity index is 2.02. The van der Waals surface area contributed by atoms with Crippen LogP contribution < -0.4 is 10.6 Å². The average Bonchev–Trinajstić information content (AvgIpc) is 2.36. The molecule has 0 atom stereocenters. The van der Waals surface area contributed by atoms with Gasteiger partial charge in [-0.25, -0.2) is 0 Å². The van der Waals surface area contributed by atoms with Gasteiger partial charge in [-0.3, -0.25) is 4.79 Å². The number of fused-ring (bicyclic) bond motifs is 1. The Kier molecular flexibility index (Phi) is 3.79. The molecule has 3 nitrogen and oxygen atoms in total. The van der Waals surface area contributed by atoms with Crippen LogP contribution in [0.25, 0.3) is 0 Å². The van der Waals surface area contributed by atoms with Crippen molar-refractivity contribution < 1.29 is 4.79 Å². The molecule has 0 radical (unpaired) electrons. The second-order valence-corrected chi connectivity index (χ2v) is 4.16. The Bertz CT molecular complexity index is 460. The maximum Gasteiger partial charge on any atom is 0.225 e. The molecule has 88 valence electrons. The molecule has 1 aromatic carbocycles. The fourth-order valence-electron chi connectivity index (χ4n) is 1.97. The highest BCUT2D eigenvalue weighted by atomic mass is 16.1. The van der Waals surface area contributed by atoms with Gasteiger partial charge in [0, 0.05) is 25.1 Å². The second kappa shape index (κ2) is 5.51. The molecule has 1 amide bonds. The summed E-state index contributed by atoms with van der Waals surface area (Å²) in [5.74, 6) is 2.44. The zero-order valence-electron chi connectivity index (χ0n) is 9.75. The Hall–Kier alpha value is -1.79. The molecule has 1 aromatic rings. The van der Waals surface area contributed by atoms with Gasteiger partial charge in [0.05, 0.1) is 0 Å². The largest absolute Gasteiger partial charge is 0.326 e. The smallest absolute Gasteiger partial charge is 0.225 e. The molecule has 0 saturated carbocycles. The lowest BCUT2D eigenvalue weighted by molar-refractivity contribution is -0.116. The number of hydrogen-bond donors (Lipinski definition) is 2. The van der Waals surface area contributed by atoms with Crippen LogP contribution in [-0.2, 0) is 17.8 Å². The first-order chi connectivity index (χ1) is 8.29. The highest BCUT2D eigenvalue weighted by molar-refractivity contribution is 5.90. The van der Waals surface area contributed by atoms with E-state index in [-0.39, 0.29) is 5.91 Å². The molecular formula is C14H16N2O. The van der Waals surface area contributed by atoms with Gasteiger partial charge in [-0.15, -0.1) is 12.3 Å². The Morgan fingerprint density at radius 3 is 3.18 bits per heavy atom. The van der Waals surface area contributed by atoms with Gasteiger partial charge < -0.3 is 10.6 Å². The van der Waals surface area contributed by atoms with E-state index in [0.29, 0.717) is 12.8 Å². The van der Waals surface area contributed by atoms with Crippen molar-refractivity contribution in [2.24, 2.45) is 0 Å². The SMILES string of the molecule is C#CCCC(=O)Nc1ccc2c(c1)CNCC2. The zero-order valence-corrected chi connectivity index (χ0v) is 9.75. The molecule has 0 spiro atoms. The minimum Gasteiger partial charge on any atom is -0.326 e. The van der Waals surface area contributed by atoms with Gasteiger partial charge in [-0.1, -0.05) is 6.07 Å². The van der Waals surface area contributed by atoms with Crippen LogP contribution >= 0.6 is 0 Å². The van der Waals surface area contributed by atoms with Crippen molar-refractivity contribution in [3.8, 4) is 12.3 Å². The summed E-state index contributed by atoms with van der Waals surface area (Å²) < 4.78 is 0. The quantitative estimate of drug-likeness (QED) is 0.773. The van der Waals surface area contributed by atoms with Gasteiger partial charge >= 0.3 is 0 Å². The summed E-state index contributed by atoms with van der Waals surface area (Å²) in [6, 6.07) is 6.08. The Morgan fingerprint density at radius 1 is 1.47 bits per heavy atom. The van der Waals surface area contributed by atoms with E-state index in [1.54, 1.807) is 0 Å². The number of carbonyl (C=O) groups excluding carboxylic acids is 1. The number of amides is 1. The van der Waals surface area contributed by atoms with Gasteiger partial charge in [-0.2, -0.15) is 0 Å². The van der Waals surface area contributed by atoms with Gasteiger partial charge in [0.1, 0.15) is 0 Å². The third kappa shape index (κ3) is 3.08. The molecule has 0 fully saturated rings. The van der Waals surface area contributed by atoms with Crippen LogP contribution in [0.2, 0.25) is 0 Å². The van der Waals surface area contributed by atoms with Gasteiger partial charge in [0.2, 0.25) is 5.91 Å². The van der Waals surface area contributed by atoms with Gasteiger partial charge in [0.25, 0.3) is 0 Å². The van der Waals surface area contributed by atoms with Crippen molar-refractivity contribution in [2.75, 3.05) is 11.9 Å². The van der Waals surface area contributed by atoms with Crippen LogP contribution in [0.4, 0.5) is 5.69 Å². The van der Waals surface area contributed by atoms with Gasteiger partial charge in [-0.05, 0) is 36.2 Å². The summed E-state index contributed by atoms with van der Waals surface area (Å²) in [5.41, 5.74) is 3.49. The standard InChI is InChI=1S/C14H16N2O/c1-2-3-4-14(17)16-13-6-5-11-7-8-15-10-12(11)9-13/h1,5-6,9,15H,3-4,7-8,10H2,(H,16,17). The fraction of sp³-hybridized carbons (Fsp3) is 0.357. The molecule has 0 bridgehead atoms. The molecule has 3 heteroatoms. The van der Waals surface area contributed by atoms with E-state index in [4.69, 9.17) is 6.42 Å². The lowest BCUT2D eigenvalue weighted by Crippen LogP contribution is -2.23. The molecule has 0 aromatic heterocycles. The summed E-state index contributed by atoms with van der Waals surface area (Å²) in [4.78, 5) is 11.5. The topological polar surface area (TPSA) is 41.1 Å². The molecule has 0 saturated heterocycles. The minimum absolute atomic E-state index is 0.0216. The van der Waals surface area contributed by atoms with Crippen molar-refractivity contribution in [3.05, 3.63) is 29.3 Å². The van der Waals surface area contributed by atoms with E-state index >= 15 is 0 Å². The number of anilines is 1. The predicted octanol–water partition coefficient (Wildman–Crippen LogP) is 1.68. The van der Waals surface area contributed by atoms with Gasteiger partial charge in [0.15, 0.2) is 0 Å². The van der Waals surface area contributed by atoms with Crippen molar-refractivity contribution in [1.29, 1.82) is 0 Å². The third-order valence-corrected chi connectivity index (χ3v) is 2.87. The van der Waals surface area contributed by atoms with Crippen LogP contribution in [-0.4, -0.2) is 12.5 Å². The second-order valence-electron chi connectivity index (χ2n) is 4.16. The van der Waals surface area contributed by atoms with E-state index in [1.165, 1.54) is 11.1 Å². The minimum atomic E-state index is -0.0216. The summed E-state index contributed by atoms with van der Waals surface area (Å²) in [6.45, 7) is 1.91. The number of benzene rings is 1. The first kappa shape index (κ1) is 11.7. The monoisotopic (exact) mass is 228 g/mol. The Labute approximate surface area is 102 Å². The first-order valence-corrected chi connectivity index (χ1v) is 5.85. The van der Waals surface area contributed by atoms with E-state index in [0.717, 1.165) is 25.2 Å². The molecule has 0 aliphatic carbocycles. The van der Waals surface area contributed by atoms with Crippen molar-refractivity contribution >= 4 is 11.6 Å². The number of terminal acetylenes is 1. The third-order valence-electron chi connectivity index (χ3n) is 2.87. The Morgan fingerprint density at radius 2 is 2.35 bits per heavy atom. The fourth-order valence-corrected chi connectivity index (χ4v) is 1.97. The van der Waals surface area contributed by atoms with Crippen LogP contribution in [0.5, 0.6) is 0 Å². The van der Waals surface area contributed by atoms with E-state index in [9.17, 15) is 4.79 Å². The van der Waals surface area contributed by atoms with Crippen LogP contribution in [0, 0.1) is 12.3 Å². The summed E-state index contributed by atoms with van der Waals surface area (Å²) in [7, 11) is 0. The number of carbonyl (C=O) groups is 1. The number of hydrogen-bond acceptors (Lipinski definition) is 2. The van der Waals surface area contributed by atoms with Crippen LogP contribution in [0.1, 0.15) is 24.0 Å². The molecule has 1 heterocycles.